The van der Waals surface area contributed by atoms with Crippen molar-refractivity contribution in [3.63, 3.8) is 0 Å². The quantitative estimate of drug-likeness (QED) is 0.541. The first-order chi connectivity index (χ1) is 0. The van der Waals surface area contributed by atoms with Gasteiger partial charge in [-0.3, -0.25) is 0 Å². The Labute approximate surface area is 71.0 Å². The van der Waals surface area contributed by atoms with E-state index in [0.717, 1.165) is 0 Å². The fourth-order valence-corrected chi connectivity index (χ4v) is 0. The maximum atomic E-state index is 0. The van der Waals surface area contributed by atoms with Crippen molar-refractivity contribution in [2.24, 2.45) is 0 Å². The van der Waals surface area contributed by atoms with E-state index in [2.05, 4.69) is 0 Å². The van der Waals surface area contributed by atoms with Crippen molar-refractivity contribution in [2.45, 2.75) is 0 Å². The van der Waals surface area contributed by atoms with Gasteiger partial charge in [0, 0.05) is 71.7 Å². The van der Waals surface area contributed by atoms with Crippen LogP contribution in [0.15, 0.2) is 0 Å². The summed E-state index contributed by atoms with van der Waals surface area (Å²) in [4.78, 5) is 0. The van der Waals surface area contributed by atoms with Crippen LogP contribution in [0.2, 0.25) is 0 Å². The van der Waals surface area contributed by atoms with Gasteiger partial charge in [0.05, 0.1) is 0 Å². The van der Waals surface area contributed by atoms with Gasteiger partial charge in [-0.25, -0.2) is 0 Å². The van der Waals surface area contributed by atoms with Crippen molar-refractivity contribution >= 4 is 0 Å². The van der Waals surface area contributed by atoms with Crippen LogP contribution in [0.5, 0.6) is 0 Å². The van der Waals surface area contributed by atoms with Gasteiger partial charge in [0.1, 0.15) is 0 Å². The van der Waals surface area contributed by atoms with Gasteiger partial charge in [-0.2, -0.15) is 0 Å². The fraction of sp³-hybridized carbons (Fsp3) is 0. The number of hydrogen-bond acceptors (Lipinski definition) is 0. The Balaban J connectivity index is 0. The first-order valence-corrected chi connectivity index (χ1v) is 0. The first kappa shape index (κ1) is 34.4. The second-order valence-corrected chi connectivity index (χ2v) is 0. The minimum absolute atomic E-state index is 0. The minimum atomic E-state index is 0. The molecule has 4 heteroatoms. The van der Waals surface area contributed by atoms with Gasteiger partial charge in [-0.1, -0.05) is 0 Å². The van der Waals surface area contributed by atoms with Gasteiger partial charge in [-0.05, 0) is 0 Å². The Kier molecular flexibility index (Phi) is 162. The molecule has 0 aliphatic heterocycles. The van der Waals surface area contributed by atoms with Crippen molar-refractivity contribution in [3.8, 4) is 0 Å². The second-order valence-electron chi connectivity index (χ2n) is 0. The summed E-state index contributed by atoms with van der Waals surface area (Å²) in [5.74, 6) is 0. The van der Waals surface area contributed by atoms with E-state index in [1.807, 2.05) is 0 Å². The molecule has 0 bridgehead atoms. The molecule has 0 rings (SSSR count). The maximum absolute atomic E-state index is 0. The summed E-state index contributed by atoms with van der Waals surface area (Å²) in [5, 5.41) is 0. The van der Waals surface area contributed by atoms with E-state index in [4.69, 9.17) is 0 Å². The van der Waals surface area contributed by atoms with Crippen LogP contribution in [0.4, 0.5) is 0 Å². The SMILES string of the molecule is [Fe].[Mn].[Mo].[Ni]. The van der Waals surface area contributed by atoms with Crippen LogP contribution in [0.25, 0.3) is 0 Å². The number of rotatable bonds is 0. The molecule has 0 N–H and O–H groups in total. The Morgan fingerprint density at radius 2 is 1.00 bits per heavy atom. The summed E-state index contributed by atoms with van der Waals surface area (Å²) in [6, 6.07) is 0. The van der Waals surface area contributed by atoms with Crippen LogP contribution in [0, 0.1) is 0 Å². The predicted octanol–water partition coefficient (Wildman–Crippen LogP) is -0.0100. The van der Waals surface area contributed by atoms with Crippen molar-refractivity contribution in [1.29, 1.82) is 0 Å². The van der Waals surface area contributed by atoms with Gasteiger partial charge < -0.3 is 0 Å². The van der Waals surface area contributed by atoms with E-state index in [1.165, 1.54) is 0 Å². The standard InChI is InChI=1S/Fe.Mn.Mo.Ni. The third-order valence-corrected chi connectivity index (χ3v) is 0. The van der Waals surface area contributed by atoms with Crippen molar-refractivity contribution in [1.82, 2.24) is 0 Å². The third-order valence-electron chi connectivity index (χ3n) is 0. The topological polar surface area (TPSA) is 0 Å². The molecule has 0 saturated heterocycles. The van der Waals surface area contributed by atoms with E-state index in [9.17, 15) is 0 Å². The van der Waals surface area contributed by atoms with Crippen LogP contribution < -0.4 is 0 Å². The Morgan fingerprint density at radius 3 is 1.00 bits per heavy atom. The zero-order valence-corrected chi connectivity index (χ0v) is 6.74. The molecule has 31 valence electrons. The van der Waals surface area contributed by atoms with Gasteiger partial charge in [0.25, 0.3) is 0 Å². The molecule has 0 saturated carbocycles. The van der Waals surface area contributed by atoms with Gasteiger partial charge in [-0.15, -0.1) is 0 Å². The number of hydrogen-bond donors (Lipinski definition) is 0. The van der Waals surface area contributed by atoms with Crippen LogP contribution >= 0.6 is 0 Å². The van der Waals surface area contributed by atoms with Gasteiger partial charge >= 0.3 is 0 Å². The minimum Gasteiger partial charge on any atom is 0 e. The average Bonchev–Trinajstić information content (AvgIpc) is 0. The normalized spacial score (nSPS) is 0. The molecule has 0 spiro atoms. The molecule has 0 heterocycles. The molecule has 0 aromatic rings. The van der Waals surface area contributed by atoms with Crippen LogP contribution in [-0.2, 0) is 71.7 Å². The van der Waals surface area contributed by atoms with E-state index in [0.29, 0.717) is 0 Å². The smallest absolute Gasteiger partial charge is 0 e. The molecule has 0 aromatic heterocycles. The van der Waals surface area contributed by atoms with E-state index in [1.54, 1.807) is 0 Å². The molecule has 0 atom stereocenters. The average molecular weight is 265 g/mol. The molecule has 0 aliphatic rings. The summed E-state index contributed by atoms with van der Waals surface area (Å²) >= 11 is 0. The molecule has 0 aromatic carbocycles. The zero-order chi connectivity index (χ0) is 0. The molecule has 0 nitrogen and oxygen atoms in total. The molecule has 0 unspecified atom stereocenters. The molecule has 0 aliphatic carbocycles. The predicted molar refractivity (Wildman–Crippen MR) is 0 cm³/mol. The third kappa shape index (κ3) is 8.88. The van der Waals surface area contributed by atoms with Crippen molar-refractivity contribution in [2.75, 3.05) is 0 Å². The summed E-state index contributed by atoms with van der Waals surface area (Å²) in [6.07, 6.45) is 0. The summed E-state index contributed by atoms with van der Waals surface area (Å²) < 4.78 is 0. The molecular formula is FeMnMoNi. The van der Waals surface area contributed by atoms with E-state index >= 15 is 0 Å². The summed E-state index contributed by atoms with van der Waals surface area (Å²) in [6.45, 7) is 0. The largest absolute Gasteiger partial charge is 0 e. The van der Waals surface area contributed by atoms with Crippen molar-refractivity contribution < 1.29 is 71.7 Å². The summed E-state index contributed by atoms with van der Waals surface area (Å²) in [7, 11) is 0. The van der Waals surface area contributed by atoms with Crippen LogP contribution in [0.1, 0.15) is 0 Å². The fourth-order valence-electron chi connectivity index (χ4n) is 0. The molecular weight excluding hydrogens is 265 g/mol. The summed E-state index contributed by atoms with van der Waals surface area (Å²) in [5.41, 5.74) is 0. The maximum Gasteiger partial charge on any atom is 0 e. The Bertz CT molecular complexity index is 8.00. The zero-order valence-electron chi connectivity index (χ0n) is 1.46. The van der Waals surface area contributed by atoms with Gasteiger partial charge in [0.2, 0.25) is 0 Å². The van der Waals surface area contributed by atoms with Crippen molar-refractivity contribution in [3.05, 3.63) is 0 Å². The van der Waals surface area contributed by atoms with E-state index in [-0.39, 0.29) is 71.7 Å². The molecule has 0 fully saturated rings. The second kappa shape index (κ2) is 18.9. The first-order valence-electron chi connectivity index (χ1n) is 0. The molecule has 1 radical (unpaired) electrons. The van der Waals surface area contributed by atoms with Gasteiger partial charge in [0.15, 0.2) is 0 Å². The Hall–Kier alpha value is 2.22. The van der Waals surface area contributed by atoms with E-state index < -0.39 is 0 Å². The van der Waals surface area contributed by atoms with Crippen LogP contribution in [-0.4, -0.2) is 0 Å². The molecule has 0 amide bonds. The molecule has 4 heavy (non-hydrogen) atoms. The Morgan fingerprint density at radius 1 is 1.00 bits per heavy atom. The monoisotopic (exact) mass is 267 g/mol. The van der Waals surface area contributed by atoms with Crippen LogP contribution in [0.3, 0.4) is 0 Å².